The lowest BCUT2D eigenvalue weighted by Crippen LogP contribution is -2.30. The van der Waals surface area contributed by atoms with E-state index in [0.29, 0.717) is 0 Å². The summed E-state index contributed by atoms with van der Waals surface area (Å²) in [6.07, 6.45) is 1.12. The fourth-order valence-electron chi connectivity index (χ4n) is 2.52. The minimum Gasteiger partial charge on any atom is -0.497 e. The molecule has 0 saturated carbocycles. The van der Waals surface area contributed by atoms with Crippen LogP contribution in [0.25, 0.3) is 0 Å². The molecule has 2 aromatic carbocycles. The van der Waals surface area contributed by atoms with Gasteiger partial charge in [0.25, 0.3) is 0 Å². The Kier molecular flexibility index (Phi) is 2.93. The van der Waals surface area contributed by atoms with E-state index in [1.807, 2.05) is 6.07 Å². The van der Waals surface area contributed by atoms with Crippen molar-refractivity contribution in [3.8, 4) is 5.75 Å². The van der Waals surface area contributed by atoms with Crippen LogP contribution in [0.15, 0.2) is 48.5 Å². The number of fused-ring (bicyclic) bond motifs is 1. The van der Waals surface area contributed by atoms with Crippen molar-refractivity contribution in [3.63, 3.8) is 0 Å². The predicted molar refractivity (Wildman–Crippen MR) is 74.2 cm³/mol. The summed E-state index contributed by atoms with van der Waals surface area (Å²) in [6, 6.07) is 17.0. The van der Waals surface area contributed by atoms with Crippen molar-refractivity contribution in [3.05, 3.63) is 59.7 Å². The largest absolute Gasteiger partial charge is 0.497 e. The molecular weight excluding hydrogens is 222 g/mol. The van der Waals surface area contributed by atoms with Crippen molar-refractivity contribution in [1.82, 2.24) is 0 Å². The van der Waals surface area contributed by atoms with Crippen molar-refractivity contribution >= 4 is 5.69 Å². The molecule has 1 aliphatic rings. The van der Waals surface area contributed by atoms with Gasteiger partial charge >= 0.3 is 0 Å². The van der Waals surface area contributed by atoms with Gasteiger partial charge < -0.3 is 9.64 Å². The van der Waals surface area contributed by atoms with Crippen LogP contribution in [0.5, 0.6) is 5.75 Å². The van der Waals surface area contributed by atoms with Gasteiger partial charge in [0, 0.05) is 24.8 Å². The molecule has 0 saturated heterocycles. The summed E-state index contributed by atoms with van der Waals surface area (Å²) in [4.78, 5) is 2.41. The molecule has 0 atom stereocenters. The first-order valence-corrected chi connectivity index (χ1v) is 6.32. The summed E-state index contributed by atoms with van der Waals surface area (Å²) in [5.74, 6) is 0.923. The molecule has 2 heteroatoms. The second kappa shape index (κ2) is 4.73. The molecule has 0 amide bonds. The zero-order chi connectivity index (χ0) is 12.4. The van der Waals surface area contributed by atoms with Crippen molar-refractivity contribution in [1.29, 1.82) is 0 Å². The maximum Gasteiger partial charge on any atom is 0.120 e. The first kappa shape index (κ1) is 11.1. The summed E-state index contributed by atoms with van der Waals surface area (Å²) >= 11 is 0. The molecule has 1 heterocycles. The van der Waals surface area contributed by atoms with Gasteiger partial charge in [0.2, 0.25) is 0 Å². The number of anilines is 1. The zero-order valence-corrected chi connectivity index (χ0v) is 10.6. The molecule has 0 fully saturated rings. The number of nitrogens with zero attached hydrogens (tertiary/aromatic N) is 1. The van der Waals surface area contributed by atoms with Gasteiger partial charge in [-0.1, -0.05) is 30.3 Å². The van der Waals surface area contributed by atoms with E-state index < -0.39 is 0 Å². The second-order valence-electron chi connectivity index (χ2n) is 4.64. The molecule has 2 nitrogen and oxygen atoms in total. The normalized spacial score (nSPS) is 14.2. The molecule has 0 aliphatic carbocycles. The lowest BCUT2D eigenvalue weighted by Gasteiger charge is -2.30. The summed E-state index contributed by atoms with van der Waals surface area (Å²) in [5.41, 5.74) is 4.16. The molecule has 0 radical (unpaired) electrons. The van der Waals surface area contributed by atoms with Crippen LogP contribution in [0.2, 0.25) is 0 Å². The minimum absolute atomic E-state index is 0.923. The maximum absolute atomic E-state index is 5.29. The average molecular weight is 239 g/mol. The molecule has 0 unspecified atom stereocenters. The second-order valence-corrected chi connectivity index (χ2v) is 4.64. The monoisotopic (exact) mass is 239 g/mol. The molecule has 2 aromatic rings. The van der Waals surface area contributed by atoms with Crippen LogP contribution in [-0.2, 0) is 13.0 Å². The SMILES string of the molecule is COc1cccc(N2CCc3ccccc3C2)c1. The highest BCUT2D eigenvalue weighted by atomic mass is 16.5. The number of rotatable bonds is 2. The summed E-state index contributed by atoms with van der Waals surface area (Å²) in [6.45, 7) is 2.06. The molecule has 0 aromatic heterocycles. The third-order valence-electron chi connectivity index (χ3n) is 3.55. The standard InChI is InChI=1S/C16H17NO/c1-18-16-8-4-7-15(11-16)17-10-9-13-5-2-3-6-14(13)12-17/h2-8,11H,9-10,12H2,1H3. The summed E-state index contributed by atoms with van der Waals surface area (Å²) in [7, 11) is 1.71. The van der Waals surface area contributed by atoms with E-state index in [-0.39, 0.29) is 0 Å². The number of benzene rings is 2. The van der Waals surface area contributed by atoms with Crippen LogP contribution in [0.3, 0.4) is 0 Å². The highest BCUT2D eigenvalue weighted by Crippen LogP contribution is 2.26. The third kappa shape index (κ3) is 2.06. The van der Waals surface area contributed by atoms with E-state index in [2.05, 4.69) is 47.4 Å². The van der Waals surface area contributed by atoms with Crippen LogP contribution in [0.1, 0.15) is 11.1 Å². The lowest BCUT2D eigenvalue weighted by atomic mass is 9.99. The van der Waals surface area contributed by atoms with Crippen molar-refractivity contribution in [2.75, 3.05) is 18.6 Å². The molecule has 0 spiro atoms. The van der Waals surface area contributed by atoms with Gasteiger partial charge in [0.05, 0.1) is 7.11 Å². The van der Waals surface area contributed by atoms with Gasteiger partial charge in [-0.3, -0.25) is 0 Å². The highest BCUT2D eigenvalue weighted by Gasteiger charge is 2.16. The summed E-state index contributed by atoms with van der Waals surface area (Å²) in [5, 5.41) is 0. The number of hydrogen-bond acceptors (Lipinski definition) is 2. The Hall–Kier alpha value is -1.96. The summed E-state index contributed by atoms with van der Waals surface area (Å²) < 4.78 is 5.29. The quantitative estimate of drug-likeness (QED) is 0.797. The van der Waals surface area contributed by atoms with Crippen LogP contribution >= 0.6 is 0 Å². The minimum atomic E-state index is 0.923. The van der Waals surface area contributed by atoms with Crippen LogP contribution in [-0.4, -0.2) is 13.7 Å². The smallest absolute Gasteiger partial charge is 0.120 e. The molecule has 92 valence electrons. The third-order valence-corrected chi connectivity index (χ3v) is 3.55. The maximum atomic E-state index is 5.29. The Morgan fingerprint density at radius 3 is 2.67 bits per heavy atom. The van der Waals surface area contributed by atoms with Gasteiger partial charge in [-0.15, -0.1) is 0 Å². The average Bonchev–Trinajstić information content (AvgIpc) is 2.47. The molecular formula is C16H17NO. The molecule has 18 heavy (non-hydrogen) atoms. The fraction of sp³-hybridized carbons (Fsp3) is 0.250. The molecule has 3 rings (SSSR count). The predicted octanol–water partition coefficient (Wildman–Crippen LogP) is 3.26. The van der Waals surface area contributed by atoms with E-state index >= 15 is 0 Å². The number of hydrogen-bond donors (Lipinski definition) is 0. The van der Waals surface area contributed by atoms with Crippen molar-refractivity contribution in [2.45, 2.75) is 13.0 Å². The van der Waals surface area contributed by atoms with Crippen molar-refractivity contribution < 1.29 is 4.74 Å². The first-order chi connectivity index (χ1) is 8.86. The van der Waals surface area contributed by atoms with Gasteiger partial charge in [-0.25, -0.2) is 0 Å². The van der Waals surface area contributed by atoms with Crippen LogP contribution in [0, 0.1) is 0 Å². The lowest BCUT2D eigenvalue weighted by molar-refractivity contribution is 0.414. The van der Waals surface area contributed by atoms with E-state index in [1.165, 1.54) is 16.8 Å². The van der Waals surface area contributed by atoms with Gasteiger partial charge in [0.1, 0.15) is 5.75 Å². The number of methoxy groups -OCH3 is 1. The highest BCUT2D eigenvalue weighted by molar-refractivity contribution is 5.53. The van der Waals surface area contributed by atoms with Gasteiger partial charge in [-0.2, -0.15) is 0 Å². The van der Waals surface area contributed by atoms with Gasteiger partial charge in [0.15, 0.2) is 0 Å². The van der Waals surface area contributed by atoms with E-state index in [1.54, 1.807) is 7.11 Å². The number of ether oxygens (including phenoxy) is 1. The Bertz CT molecular complexity index is 550. The topological polar surface area (TPSA) is 12.5 Å². The molecule has 0 N–H and O–H groups in total. The fourth-order valence-corrected chi connectivity index (χ4v) is 2.52. The van der Waals surface area contributed by atoms with E-state index in [4.69, 9.17) is 4.74 Å². The zero-order valence-electron chi connectivity index (χ0n) is 10.6. The van der Waals surface area contributed by atoms with Crippen molar-refractivity contribution in [2.24, 2.45) is 0 Å². The van der Waals surface area contributed by atoms with Crippen LogP contribution in [0.4, 0.5) is 5.69 Å². The Labute approximate surface area is 108 Å². The van der Waals surface area contributed by atoms with E-state index in [0.717, 1.165) is 25.3 Å². The Balaban J connectivity index is 1.87. The van der Waals surface area contributed by atoms with E-state index in [9.17, 15) is 0 Å². The molecule has 1 aliphatic heterocycles. The molecule has 0 bridgehead atoms. The Morgan fingerprint density at radius 1 is 1.00 bits per heavy atom. The first-order valence-electron chi connectivity index (χ1n) is 6.32. The van der Waals surface area contributed by atoms with Gasteiger partial charge in [-0.05, 0) is 29.7 Å². The van der Waals surface area contributed by atoms with Crippen LogP contribution < -0.4 is 9.64 Å². The Morgan fingerprint density at radius 2 is 1.83 bits per heavy atom.